The molecule has 0 aromatic rings. The Bertz CT molecular complexity index is 170. The molecule has 0 spiro atoms. The van der Waals surface area contributed by atoms with Crippen molar-refractivity contribution in [2.75, 3.05) is 0 Å². The van der Waals surface area contributed by atoms with E-state index >= 15 is 0 Å². The lowest BCUT2D eigenvalue weighted by atomic mass is 9.95. The van der Waals surface area contributed by atoms with Crippen LogP contribution < -0.4 is 5.32 Å². The van der Waals surface area contributed by atoms with Gasteiger partial charge in [0.05, 0.1) is 0 Å². The van der Waals surface area contributed by atoms with E-state index < -0.39 is 5.97 Å². The van der Waals surface area contributed by atoms with Gasteiger partial charge >= 0.3 is 5.97 Å². The highest BCUT2D eigenvalue weighted by atomic mass is 16.4. The molecule has 0 aliphatic carbocycles. The Hall–Kier alpha value is -0.570. The monoisotopic (exact) mass is 171 g/mol. The molecular weight excluding hydrogens is 154 g/mol. The lowest BCUT2D eigenvalue weighted by molar-refractivity contribution is -0.139. The lowest BCUT2D eigenvalue weighted by Gasteiger charge is -2.12. The van der Waals surface area contributed by atoms with Gasteiger partial charge in [0.25, 0.3) is 0 Å². The zero-order chi connectivity index (χ0) is 9.14. The highest BCUT2D eigenvalue weighted by molar-refractivity contribution is 5.73. The molecule has 0 amide bonds. The molecule has 1 rings (SSSR count). The molecule has 70 valence electrons. The summed E-state index contributed by atoms with van der Waals surface area (Å²) in [7, 11) is 0. The molecule has 0 radical (unpaired) electrons. The standard InChI is InChI=1S/C9H17NO2/c1-3-4-7-5-8(9(11)12)10-6(7)2/h6-8,10H,3-5H2,1-2H3,(H,11,12). The summed E-state index contributed by atoms with van der Waals surface area (Å²) in [6.07, 6.45) is 3.07. The van der Waals surface area contributed by atoms with Crippen molar-refractivity contribution in [3.8, 4) is 0 Å². The fraction of sp³-hybridized carbons (Fsp3) is 0.889. The van der Waals surface area contributed by atoms with Gasteiger partial charge in [-0.25, -0.2) is 0 Å². The minimum absolute atomic E-state index is 0.309. The Kier molecular flexibility index (Phi) is 3.09. The van der Waals surface area contributed by atoms with Crippen molar-refractivity contribution < 1.29 is 9.90 Å². The molecule has 0 aromatic heterocycles. The highest BCUT2D eigenvalue weighted by Gasteiger charge is 2.33. The summed E-state index contributed by atoms with van der Waals surface area (Å²) in [4.78, 5) is 10.6. The van der Waals surface area contributed by atoms with E-state index in [0.717, 1.165) is 19.3 Å². The second-order valence-corrected chi connectivity index (χ2v) is 3.63. The first-order valence-corrected chi connectivity index (χ1v) is 4.64. The smallest absolute Gasteiger partial charge is 0.320 e. The molecule has 1 heterocycles. The first-order chi connectivity index (χ1) is 5.65. The largest absolute Gasteiger partial charge is 0.480 e. The Morgan fingerprint density at radius 3 is 2.75 bits per heavy atom. The topological polar surface area (TPSA) is 49.3 Å². The van der Waals surface area contributed by atoms with Gasteiger partial charge in [-0.3, -0.25) is 4.79 Å². The van der Waals surface area contributed by atoms with Crippen LogP contribution >= 0.6 is 0 Å². The van der Waals surface area contributed by atoms with Crippen LogP contribution in [0, 0.1) is 5.92 Å². The molecule has 3 nitrogen and oxygen atoms in total. The van der Waals surface area contributed by atoms with Crippen LogP contribution in [0.2, 0.25) is 0 Å². The third kappa shape index (κ3) is 1.97. The average molecular weight is 171 g/mol. The van der Waals surface area contributed by atoms with E-state index in [0.29, 0.717) is 12.0 Å². The van der Waals surface area contributed by atoms with Gasteiger partial charge in [0, 0.05) is 6.04 Å². The SMILES string of the molecule is CCCC1CC(C(=O)O)NC1C. The molecule has 1 fully saturated rings. The van der Waals surface area contributed by atoms with Crippen LogP contribution in [0.25, 0.3) is 0 Å². The van der Waals surface area contributed by atoms with E-state index in [9.17, 15) is 4.79 Å². The fourth-order valence-corrected chi connectivity index (χ4v) is 1.94. The minimum Gasteiger partial charge on any atom is -0.480 e. The summed E-state index contributed by atoms with van der Waals surface area (Å²) in [5.74, 6) is -0.156. The molecule has 1 aliphatic rings. The molecule has 0 saturated carbocycles. The second-order valence-electron chi connectivity index (χ2n) is 3.63. The quantitative estimate of drug-likeness (QED) is 0.671. The van der Waals surface area contributed by atoms with Crippen LogP contribution in [-0.4, -0.2) is 23.2 Å². The van der Waals surface area contributed by atoms with Gasteiger partial charge in [-0.1, -0.05) is 13.3 Å². The van der Waals surface area contributed by atoms with Gasteiger partial charge in [-0.2, -0.15) is 0 Å². The van der Waals surface area contributed by atoms with E-state index in [1.807, 2.05) is 0 Å². The van der Waals surface area contributed by atoms with Crippen molar-refractivity contribution in [3.05, 3.63) is 0 Å². The van der Waals surface area contributed by atoms with Crippen LogP contribution in [0.5, 0.6) is 0 Å². The number of rotatable bonds is 3. The Labute approximate surface area is 73.2 Å². The van der Waals surface area contributed by atoms with Crippen molar-refractivity contribution in [1.29, 1.82) is 0 Å². The van der Waals surface area contributed by atoms with Crippen molar-refractivity contribution >= 4 is 5.97 Å². The third-order valence-corrected chi connectivity index (χ3v) is 2.67. The van der Waals surface area contributed by atoms with Gasteiger partial charge in [0.1, 0.15) is 6.04 Å². The van der Waals surface area contributed by atoms with E-state index in [-0.39, 0.29) is 6.04 Å². The van der Waals surface area contributed by atoms with E-state index in [2.05, 4.69) is 19.2 Å². The van der Waals surface area contributed by atoms with Crippen LogP contribution in [0.15, 0.2) is 0 Å². The normalized spacial score (nSPS) is 35.3. The lowest BCUT2D eigenvalue weighted by Crippen LogP contribution is -2.34. The van der Waals surface area contributed by atoms with Crippen LogP contribution in [0.3, 0.4) is 0 Å². The number of aliphatic carboxylic acids is 1. The van der Waals surface area contributed by atoms with Crippen LogP contribution in [0.1, 0.15) is 33.1 Å². The van der Waals surface area contributed by atoms with Gasteiger partial charge in [-0.15, -0.1) is 0 Å². The fourth-order valence-electron chi connectivity index (χ4n) is 1.94. The summed E-state index contributed by atoms with van der Waals surface area (Å²) >= 11 is 0. The zero-order valence-electron chi connectivity index (χ0n) is 7.71. The van der Waals surface area contributed by atoms with Gasteiger partial charge < -0.3 is 10.4 Å². The van der Waals surface area contributed by atoms with Crippen molar-refractivity contribution in [2.45, 2.75) is 45.2 Å². The molecule has 3 unspecified atom stereocenters. The van der Waals surface area contributed by atoms with Crippen LogP contribution in [-0.2, 0) is 4.79 Å². The molecule has 3 heteroatoms. The average Bonchev–Trinajstić information content (AvgIpc) is 2.34. The van der Waals surface area contributed by atoms with Gasteiger partial charge in [0.15, 0.2) is 0 Å². The minimum atomic E-state index is -0.708. The summed E-state index contributed by atoms with van der Waals surface area (Å²) < 4.78 is 0. The summed E-state index contributed by atoms with van der Waals surface area (Å²) in [6, 6.07) is 0.0580. The number of hydrogen-bond donors (Lipinski definition) is 2. The highest BCUT2D eigenvalue weighted by Crippen LogP contribution is 2.24. The molecule has 1 saturated heterocycles. The van der Waals surface area contributed by atoms with Crippen molar-refractivity contribution in [3.63, 3.8) is 0 Å². The number of carboxylic acids is 1. The third-order valence-electron chi connectivity index (χ3n) is 2.67. The predicted octanol–water partition coefficient (Wildman–Crippen LogP) is 1.24. The van der Waals surface area contributed by atoms with Gasteiger partial charge in [0.2, 0.25) is 0 Å². The number of carboxylic acid groups (broad SMARTS) is 1. The maximum Gasteiger partial charge on any atom is 0.320 e. The molecule has 12 heavy (non-hydrogen) atoms. The maximum absolute atomic E-state index is 10.6. The number of carbonyl (C=O) groups is 1. The predicted molar refractivity (Wildman–Crippen MR) is 47.0 cm³/mol. The second kappa shape index (κ2) is 3.90. The van der Waals surface area contributed by atoms with E-state index in [1.165, 1.54) is 0 Å². The molecule has 0 aromatic carbocycles. The Morgan fingerprint density at radius 1 is 1.67 bits per heavy atom. The molecule has 1 aliphatic heterocycles. The first-order valence-electron chi connectivity index (χ1n) is 4.64. The Morgan fingerprint density at radius 2 is 2.33 bits per heavy atom. The number of nitrogens with one attached hydrogen (secondary N) is 1. The molecule has 2 N–H and O–H groups in total. The van der Waals surface area contributed by atoms with E-state index in [4.69, 9.17) is 5.11 Å². The molecular formula is C9H17NO2. The van der Waals surface area contributed by atoms with Crippen molar-refractivity contribution in [2.24, 2.45) is 5.92 Å². The Balaban J connectivity index is 2.44. The van der Waals surface area contributed by atoms with Crippen LogP contribution in [0.4, 0.5) is 0 Å². The summed E-state index contributed by atoms with van der Waals surface area (Å²) in [5.41, 5.74) is 0. The summed E-state index contributed by atoms with van der Waals surface area (Å²) in [6.45, 7) is 4.21. The summed E-state index contributed by atoms with van der Waals surface area (Å²) in [5, 5.41) is 11.8. The van der Waals surface area contributed by atoms with Crippen molar-refractivity contribution in [1.82, 2.24) is 5.32 Å². The molecule has 0 bridgehead atoms. The first kappa shape index (κ1) is 9.52. The zero-order valence-corrected chi connectivity index (χ0v) is 7.71. The molecule has 3 atom stereocenters. The van der Waals surface area contributed by atoms with E-state index in [1.54, 1.807) is 0 Å². The maximum atomic E-state index is 10.6. The number of hydrogen-bond acceptors (Lipinski definition) is 2. The van der Waals surface area contributed by atoms with Gasteiger partial charge in [-0.05, 0) is 25.7 Å².